The van der Waals surface area contributed by atoms with Crippen molar-refractivity contribution in [1.29, 1.82) is 0 Å². The molecule has 0 aliphatic carbocycles. The summed E-state index contributed by atoms with van der Waals surface area (Å²) in [5, 5.41) is 12.3. The molecule has 3 rings (SSSR count). The van der Waals surface area contributed by atoms with Crippen LogP contribution in [-0.2, 0) is 27.3 Å². The molecule has 1 aromatic rings. The summed E-state index contributed by atoms with van der Waals surface area (Å²) >= 11 is 0. The van der Waals surface area contributed by atoms with E-state index in [9.17, 15) is 23.2 Å². The van der Waals surface area contributed by atoms with Crippen molar-refractivity contribution in [3.05, 3.63) is 34.6 Å². The Balaban J connectivity index is 1.73. The van der Waals surface area contributed by atoms with Gasteiger partial charge in [-0.2, -0.15) is 0 Å². The molecule has 35 heavy (non-hydrogen) atoms. The van der Waals surface area contributed by atoms with E-state index >= 15 is 4.39 Å². The smallest absolute Gasteiger partial charge is 0.303 e. The van der Waals surface area contributed by atoms with Crippen LogP contribution in [0.3, 0.4) is 0 Å². The van der Waals surface area contributed by atoms with E-state index in [1.165, 1.54) is 12.1 Å². The molecule has 1 aromatic carbocycles. The summed E-state index contributed by atoms with van der Waals surface area (Å²) in [7, 11) is 0. The number of halogens is 3. The number of nitrogens with one attached hydrogen (secondary N) is 1. The van der Waals surface area contributed by atoms with Crippen LogP contribution in [0.2, 0.25) is 0 Å². The average molecular weight is 500 g/mol. The molecule has 2 unspecified atom stereocenters. The molecule has 4 atom stereocenters. The van der Waals surface area contributed by atoms with Crippen molar-refractivity contribution in [3.63, 3.8) is 0 Å². The molecule has 8 nitrogen and oxygen atoms in total. The fourth-order valence-electron chi connectivity index (χ4n) is 4.82. The van der Waals surface area contributed by atoms with Crippen molar-refractivity contribution in [3.8, 4) is 0 Å². The van der Waals surface area contributed by atoms with Gasteiger partial charge in [-0.25, -0.2) is 13.2 Å². The summed E-state index contributed by atoms with van der Waals surface area (Å²) in [5.41, 5.74) is 6.00. The van der Waals surface area contributed by atoms with Gasteiger partial charge in [-0.1, -0.05) is 6.07 Å². The van der Waals surface area contributed by atoms with Gasteiger partial charge in [0.15, 0.2) is 0 Å². The summed E-state index contributed by atoms with van der Waals surface area (Å²) in [6, 6.07) is 1.59. The third-order valence-electron chi connectivity index (χ3n) is 6.66. The Morgan fingerprint density at radius 3 is 2.69 bits per heavy atom. The number of nitrogens with two attached hydrogens (primary N) is 1. The molecule has 0 saturated carbocycles. The van der Waals surface area contributed by atoms with E-state index in [-0.39, 0.29) is 61.5 Å². The number of fused-ring (bicyclic) bond motifs is 1. The van der Waals surface area contributed by atoms with E-state index in [4.69, 9.17) is 15.6 Å². The highest BCUT2D eigenvalue weighted by Gasteiger charge is 2.38. The minimum atomic E-state index is -2.36. The molecule has 2 aliphatic heterocycles. The number of ether oxygens (including phenoxy) is 1. The number of alkyl halides is 2. The van der Waals surface area contributed by atoms with E-state index < -0.39 is 36.1 Å². The van der Waals surface area contributed by atoms with E-state index in [0.29, 0.717) is 18.6 Å². The minimum Gasteiger partial charge on any atom is -0.481 e. The first-order valence-corrected chi connectivity index (χ1v) is 11.9. The largest absolute Gasteiger partial charge is 0.481 e. The van der Waals surface area contributed by atoms with E-state index in [0.717, 1.165) is 17.7 Å². The highest BCUT2D eigenvalue weighted by atomic mass is 19.3. The molecule has 2 amide bonds. The number of carboxylic acid groups (broad SMARTS) is 1. The second kappa shape index (κ2) is 11.9. The van der Waals surface area contributed by atoms with Crippen molar-refractivity contribution in [2.75, 3.05) is 6.61 Å². The van der Waals surface area contributed by atoms with E-state index in [1.807, 2.05) is 6.92 Å². The number of hydrogen-bond acceptors (Lipinski definition) is 5. The highest BCUT2D eigenvalue weighted by molar-refractivity contribution is 6.01. The number of rotatable bonds is 12. The number of aliphatic carboxylic acids is 1. The van der Waals surface area contributed by atoms with Gasteiger partial charge in [0.2, 0.25) is 12.3 Å². The average Bonchev–Trinajstić information content (AvgIpc) is 3.12. The Bertz CT molecular complexity index is 945. The zero-order chi connectivity index (χ0) is 25.7. The fourth-order valence-corrected chi connectivity index (χ4v) is 4.82. The molecule has 1 fully saturated rings. The third kappa shape index (κ3) is 6.72. The SMILES string of the molecule is CC(CCC(F)F)N[C@H]1CCCO[C@@H]1Cc1ccc2c(c1F)CN(C(CCC(=O)O)C(N)=O)C2=O. The van der Waals surface area contributed by atoms with E-state index in [1.54, 1.807) is 0 Å². The number of nitrogens with zero attached hydrogens (tertiary/aromatic N) is 1. The van der Waals surface area contributed by atoms with Crippen LogP contribution in [0.4, 0.5) is 13.2 Å². The molecule has 0 radical (unpaired) electrons. The predicted octanol–water partition coefficient (Wildman–Crippen LogP) is 2.61. The predicted molar refractivity (Wildman–Crippen MR) is 120 cm³/mol. The maximum atomic E-state index is 15.5. The van der Waals surface area contributed by atoms with Gasteiger partial charge in [0.1, 0.15) is 11.9 Å². The van der Waals surface area contributed by atoms with Gasteiger partial charge in [0.25, 0.3) is 5.91 Å². The Kier molecular flexibility index (Phi) is 9.12. The first-order chi connectivity index (χ1) is 16.6. The zero-order valence-electron chi connectivity index (χ0n) is 19.6. The van der Waals surface area contributed by atoms with Crippen molar-refractivity contribution >= 4 is 17.8 Å². The normalized spacial score (nSPS) is 21.7. The molecule has 11 heteroatoms. The van der Waals surface area contributed by atoms with Crippen molar-refractivity contribution in [2.24, 2.45) is 5.73 Å². The van der Waals surface area contributed by atoms with Crippen LogP contribution in [0.5, 0.6) is 0 Å². The summed E-state index contributed by atoms with van der Waals surface area (Å²) in [6.07, 6.45) is -1.33. The molecule has 0 bridgehead atoms. The maximum Gasteiger partial charge on any atom is 0.303 e. The van der Waals surface area contributed by atoms with Gasteiger partial charge in [-0.3, -0.25) is 14.4 Å². The lowest BCUT2D eigenvalue weighted by molar-refractivity contribution is -0.137. The summed E-state index contributed by atoms with van der Waals surface area (Å²) < 4.78 is 46.5. The van der Waals surface area contributed by atoms with Gasteiger partial charge in [0, 0.05) is 49.1 Å². The van der Waals surface area contributed by atoms with Crippen molar-refractivity contribution < 1.29 is 37.4 Å². The Morgan fingerprint density at radius 1 is 1.29 bits per heavy atom. The van der Waals surface area contributed by atoms with Crippen LogP contribution in [0.15, 0.2) is 12.1 Å². The zero-order valence-corrected chi connectivity index (χ0v) is 19.6. The second-order valence-corrected chi connectivity index (χ2v) is 9.25. The summed E-state index contributed by atoms with van der Waals surface area (Å²) in [5.74, 6) is -3.12. The van der Waals surface area contributed by atoms with Crippen molar-refractivity contribution in [1.82, 2.24) is 10.2 Å². The molecule has 0 aromatic heterocycles. The Labute approximate surface area is 202 Å². The van der Waals surface area contributed by atoms with Crippen molar-refractivity contribution in [2.45, 2.75) is 89.1 Å². The maximum absolute atomic E-state index is 15.5. The van der Waals surface area contributed by atoms with Crippen LogP contribution in [0.25, 0.3) is 0 Å². The number of hydrogen-bond donors (Lipinski definition) is 3. The van der Waals surface area contributed by atoms with Gasteiger partial charge in [-0.15, -0.1) is 0 Å². The number of carboxylic acids is 1. The first kappa shape index (κ1) is 26.9. The van der Waals surface area contributed by atoms with Crippen LogP contribution in [0, 0.1) is 5.82 Å². The van der Waals surface area contributed by atoms with Gasteiger partial charge in [-0.05, 0) is 44.2 Å². The number of primary amides is 1. The lowest BCUT2D eigenvalue weighted by atomic mass is 9.93. The topological polar surface area (TPSA) is 122 Å². The van der Waals surface area contributed by atoms with E-state index in [2.05, 4.69) is 5.32 Å². The molecular weight excluding hydrogens is 467 g/mol. The lowest BCUT2D eigenvalue weighted by Crippen LogP contribution is -2.49. The van der Waals surface area contributed by atoms with Crippen LogP contribution in [-0.4, -0.2) is 65.1 Å². The monoisotopic (exact) mass is 499 g/mol. The molecule has 4 N–H and O–H groups in total. The number of amides is 2. The highest BCUT2D eigenvalue weighted by Crippen LogP contribution is 2.31. The summed E-state index contributed by atoms with van der Waals surface area (Å²) in [4.78, 5) is 36.8. The molecule has 1 saturated heterocycles. The second-order valence-electron chi connectivity index (χ2n) is 9.25. The first-order valence-electron chi connectivity index (χ1n) is 11.9. The standard InChI is InChI=1S/C24H32F3N3O5/c1-13(4-8-20(25)26)29-17-3-2-10-35-19(17)11-14-5-6-15-16(22(14)27)12-30(24(15)34)18(23(28)33)7-9-21(31)32/h5-6,13,17-20,29H,2-4,7-12H2,1H3,(H2,28,33)(H,31,32)/t13?,17-,18?,19+/m0/s1. The van der Waals surface area contributed by atoms with Crippen LogP contribution < -0.4 is 11.1 Å². The molecular formula is C24H32F3N3O5. The summed E-state index contributed by atoms with van der Waals surface area (Å²) in [6.45, 7) is 2.17. The van der Waals surface area contributed by atoms with Gasteiger partial charge in [0.05, 0.1) is 12.6 Å². The number of benzene rings is 1. The fraction of sp³-hybridized carbons (Fsp3) is 0.625. The lowest BCUT2D eigenvalue weighted by Gasteiger charge is -2.35. The number of carbonyl (C=O) groups excluding carboxylic acids is 2. The third-order valence-corrected chi connectivity index (χ3v) is 6.66. The van der Waals surface area contributed by atoms with Gasteiger partial charge < -0.3 is 25.8 Å². The van der Waals surface area contributed by atoms with Gasteiger partial charge >= 0.3 is 5.97 Å². The minimum absolute atomic E-state index is 0.118. The van der Waals surface area contributed by atoms with Crippen LogP contribution >= 0.6 is 0 Å². The molecule has 0 spiro atoms. The number of carbonyl (C=O) groups is 3. The van der Waals surface area contributed by atoms with Crippen LogP contribution in [0.1, 0.15) is 66.9 Å². The Morgan fingerprint density at radius 2 is 2.03 bits per heavy atom. The molecule has 2 aliphatic rings. The molecule has 2 heterocycles. The Hall–Kier alpha value is -2.66. The quantitative estimate of drug-likeness (QED) is 0.407. The molecule has 194 valence electrons.